The first-order chi connectivity index (χ1) is 12.5. The van der Waals surface area contributed by atoms with Crippen LogP contribution in [0.4, 0.5) is 5.69 Å². The highest BCUT2D eigenvalue weighted by Gasteiger charge is 2.10. The van der Waals surface area contributed by atoms with Gasteiger partial charge in [0.2, 0.25) is 0 Å². The average molecular weight is 354 g/mol. The second kappa shape index (κ2) is 9.36. The molecule has 2 aromatic carbocycles. The molecule has 0 saturated heterocycles. The van der Waals surface area contributed by atoms with Gasteiger partial charge in [0.25, 0.3) is 11.8 Å². The van der Waals surface area contributed by atoms with Crippen molar-refractivity contribution in [2.75, 3.05) is 11.9 Å². The number of aliphatic carboxylic acids is 1. The first kappa shape index (κ1) is 19.2. The van der Waals surface area contributed by atoms with Crippen LogP contribution in [0.2, 0.25) is 0 Å². The lowest BCUT2D eigenvalue weighted by molar-refractivity contribution is -0.136. The Morgan fingerprint density at radius 3 is 2.23 bits per heavy atom. The number of benzene rings is 2. The summed E-state index contributed by atoms with van der Waals surface area (Å²) in [5.74, 6) is -1.36. The van der Waals surface area contributed by atoms with E-state index < -0.39 is 5.97 Å². The van der Waals surface area contributed by atoms with Gasteiger partial charge in [-0.2, -0.15) is 0 Å². The molecule has 0 aliphatic rings. The van der Waals surface area contributed by atoms with Crippen LogP contribution in [0.25, 0.3) is 0 Å². The molecule has 0 aromatic heterocycles. The maximum Gasteiger partial charge on any atom is 0.303 e. The molecule has 6 heteroatoms. The number of nitrogens with one attached hydrogen (secondary N) is 2. The smallest absolute Gasteiger partial charge is 0.303 e. The SMILES string of the molecule is CCCNC(=O)c1cccc(C(=O)Nc2ccc(CCC(=O)O)cc2)c1. The predicted molar refractivity (Wildman–Crippen MR) is 99.4 cm³/mol. The number of carbonyl (C=O) groups is 3. The zero-order valence-electron chi connectivity index (χ0n) is 14.6. The fourth-order valence-corrected chi connectivity index (χ4v) is 2.35. The van der Waals surface area contributed by atoms with Crippen molar-refractivity contribution in [3.8, 4) is 0 Å². The Morgan fingerprint density at radius 1 is 0.962 bits per heavy atom. The highest BCUT2D eigenvalue weighted by atomic mass is 16.4. The summed E-state index contributed by atoms with van der Waals surface area (Å²) >= 11 is 0. The van der Waals surface area contributed by atoms with Crippen LogP contribution in [0.5, 0.6) is 0 Å². The summed E-state index contributed by atoms with van der Waals surface area (Å²) in [5.41, 5.74) is 2.33. The molecule has 6 nitrogen and oxygen atoms in total. The van der Waals surface area contributed by atoms with Crippen LogP contribution in [0, 0.1) is 0 Å². The van der Waals surface area contributed by atoms with Crippen LogP contribution >= 0.6 is 0 Å². The Morgan fingerprint density at radius 2 is 1.62 bits per heavy atom. The standard InChI is InChI=1S/C20H22N2O4/c1-2-12-21-19(25)15-4-3-5-16(13-15)20(26)22-17-9-6-14(7-10-17)8-11-18(23)24/h3-7,9-10,13H,2,8,11-12H2,1H3,(H,21,25)(H,22,26)(H,23,24). The molecule has 0 aliphatic carbocycles. The van der Waals surface area contributed by atoms with Gasteiger partial charge in [-0.15, -0.1) is 0 Å². The average Bonchev–Trinajstić information content (AvgIpc) is 2.65. The number of carbonyl (C=O) groups excluding carboxylic acids is 2. The summed E-state index contributed by atoms with van der Waals surface area (Å²) in [4.78, 5) is 35.0. The number of hydrogen-bond acceptors (Lipinski definition) is 3. The van der Waals surface area contributed by atoms with Crippen LogP contribution in [0.15, 0.2) is 48.5 Å². The predicted octanol–water partition coefficient (Wildman–Crippen LogP) is 3.10. The van der Waals surface area contributed by atoms with Gasteiger partial charge in [-0.05, 0) is 48.7 Å². The Bertz CT molecular complexity index is 785. The highest BCUT2D eigenvalue weighted by molar-refractivity contribution is 6.06. The Hall–Kier alpha value is -3.15. The summed E-state index contributed by atoms with van der Waals surface area (Å²) in [6, 6.07) is 13.6. The fraction of sp³-hybridized carbons (Fsp3) is 0.250. The van der Waals surface area contributed by atoms with Crippen LogP contribution in [0.1, 0.15) is 46.0 Å². The molecule has 0 fully saturated rings. The van der Waals surface area contributed by atoms with Crippen molar-refractivity contribution in [1.29, 1.82) is 0 Å². The van der Waals surface area contributed by atoms with Crippen LogP contribution in [0.3, 0.4) is 0 Å². The molecule has 0 unspecified atom stereocenters. The van der Waals surface area contributed by atoms with E-state index in [9.17, 15) is 14.4 Å². The van der Waals surface area contributed by atoms with Crippen molar-refractivity contribution in [2.24, 2.45) is 0 Å². The van der Waals surface area contributed by atoms with Gasteiger partial charge >= 0.3 is 5.97 Å². The van der Waals surface area contributed by atoms with E-state index in [4.69, 9.17) is 5.11 Å². The Balaban J connectivity index is 2.01. The van der Waals surface area contributed by atoms with Crippen LogP contribution in [-0.4, -0.2) is 29.4 Å². The molecule has 2 rings (SSSR count). The molecular formula is C20H22N2O4. The summed E-state index contributed by atoms with van der Waals surface area (Å²) < 4.78 is 0. The first-order valence-electron chi connectivity index (χ1n) is 8.50. The molecule has 0 atom stereocenters. The lowest BCUT2D eigenvalue weighted by Gasteiger charge is -2.08. The second-order valence-electron chi connectivity index (χ2n) is 5.88. The van der Waals surface area contributed by atoms with Gasteiger partial charge < -0.3 is 15.7 Å². The quantitative estimate of drug-likeness (QED) is 0.679. The molecular weight excluding hydrogens is 332 g/mol. The molecule has 0 bridgehead atoms. The van der Waals surface area contributed by atoms with Gasteiger partial charge in [-0.3, -0.25) is 14.4 Å². The molecule has 2 aromatic rings. The van der Waals surface area contributed by atoms with Crippen molar-refractivity contribution >= 4 is 23.5 Å². The van der Waals surface area contributed by atoms with Gasteiger partial charge in [-0.25, -0.2) is 0 Å². The second-order valence-corrected chi connectivity index (χ2v) is 5.88. The van der Waals surface area contributed by atoms with E-state index in [0.717, 1.165) is 12.0 Å². The molecule has 0 aliphatic heterocycles. The molecule has 0 heterocycles. The normalized spacial score (nSPS) is 10.2. The largest absolute Gasteiger partial charge is 0.481 e. The van der Waals surface area contributed by atoms with E-state index in [1.807, 2.05) is 6.92 Å². The topological polar surface area (TPSA) is 95.5 Å². The molecule has 3 N–H and O–H groups in total. The van der Waals surface area contributed by atoms with E-state index >= 15 is 0 Å². The monoisotopic (exact) mass is 354 g/mol. The minimum Gasteiger partial charge on any atom is -0.481 e. The zero-order chi connectivity index (χ0) is 18.9. The number of amides is 2. The number of aryl methyl sites for hydroxylation is 1. The molecule has 26 heavy (non-hydrogen) atoms. The number of carboxylic acids is 1. The minimum atomic E-state index is -0.842. The Labute approximate surface area is 152 Å². The first-order valence-corrected chi connectivity index (χ1v) is 8.50. The summed E-state index contributed by atoms with van der Waals surface area (Å²) in [5, 5.41) is 14.2. The van der Waals surface area contributed by atoms with Crippen LogP contribution < -0.4 is 10.6 Å². The molecule has 0 radical (unpaired) electrons. The van der Waals surface area contributed by atoms with Gasteiger partial charge in [0.05, 0.1) is 0 Å². The van der Waals surface area contributed by atoms with Crippen LogP contribution in [-0.2, 0) is 11.2 Å². The maximum atomic E-state index is 12.4. The van der Waals surface area contributed by atoms with E-state index in [1.54, 1.807) is 48.5 Å². The van der Waals surface area contributed by atoms with Crippen molar-refractivity contribution in [2.45, 2.75) is 26.2 Å². The third-order valence-electron chi connectivity index (χ3n) is 3.76. The summed E-state index contributed by atoms with van der Waals surface area (Å²) in [7, 11) is 0. The van der Waals surface area contributed by atoms with Gasteiger partial charge in [0.15, 0.2) is 0 Å². The molecule has 0 saturated carbocycles. The molecule has 136 valence electrons. The van der Waals surface area contributed by atoms with Crippen molar-refractivity contribution in [1.82, 2.24) is 5.32 Å². The van der Waals surface area contributed by atoms with E-state index in [2.05, 4.69) is 10.6 Å². The lowest BCUT2D eigenvalue weighted by Crippen LogP contribution is -2.24. The van der Waals surface area contributed by atoms with Crippen molar-refractivity contribution in [3.05, 3.63) is 65.2 Å². The highest BCUT2D eigenvalue weighted by Crippen LogP contribution is 2.13. The summed E-state index contributed by atoms with van der Waals surface area (Å²) in [6.07, 6.45) is 1.35. The number of carboxylic acid groups (broad SMARTS) is 1. The van der Waals surface area contributed by atoms with E-state index in [1.165, 1.54) is 0 Å². The number of anilines is 1. The van der Waals surface area contributed by atoms with Gasteiger partial charge in [-0.1, -0.05) is 25.1 Å². The third kappa shape index (κ3) is 5.73. The summed E-state index contributed by atoms with van der Waals surface area (Å²) in [6.45, 7) is 2.56. The minimum absolute atomic E-state index is 0.0680. The number of rotatable bonds is 8. The molecule has 2 amide bonds. The zero-order valence-corrected chi connectivity index (χ0v) is 14.6. The maximum absolute atomic E-state index is 12.4. The third-order valence-corrected chi connectivity index (χ3v) is 3.76. The van der Waals surface area contributed by atoms with Gasteiger partial charge in [0.1, 0.15) is 0 Å². The van der Waals surface area contributed by atoms with Crippen molar-refractivity contribution in [3.63, 3.8) is 0 Å². The molecule has 0 spiro atoms. The van der Waals surface area contributed by atoms with Gasteiger partial charge in [0, 0.05) is 29.8 Å². The Kier molecular flexibility index (Phi) is 6.91. The van der Waals surface area contributed by atoms with E-state index in [-0.39, 0.29) is 18.2 Å². The van der Waals surface area contributed by atoms with E-state index in [0.29, 0.717) is 29.8 Å². The van der Waals surface area contributed by atoms with Crippen molar-refractivity contribution < 1.29 is 19.5 Å². The lowest BCUT2D eigenvalue weighted by atomic mass is 10.1. The number of hydrogen-bond donors (Lipinski definition) is 3. The fourth-order valence-electron chi connectivity index (χ4n) is 2.35.